The fourth-order valence-corrected chi connectivity index (χ4v) is 5.67. The minimum atomic E-state index is -1.10. The molecular weight excluding hydrogens is 496 g/mol. The van der Waals surface area contributed by atoms with E-state index in [9.17, 15) is 24.5 Å². The molecule has 1 saturated carbocycles. The van der Waals surface area contributed by atoms with E-state index in [0.717, 1.165) is 31.2 Å². The Morgan fingerprint density at radius 2 is 1.69 bits per heavy atom. The third kappa shape index (κ3) is 7.02. The van der Waals surface area contributed by atoms with Gasteiger partial charge in [-0.3, -0.25) is 24.3 Å². The van der Waals surface area contributed by atoms with E-state index in [2.05, 4.69) is 6.92 Å². The minimum Gasteiger partial charge on any atom is -0.464 e. The Bertz CT molecular complexity index is 1280. The van der Waals surface area contributed by atoms with Gasteiger partial charge in [0, 0.05) is 6.42 Å². The summed E-state index contributed by atoms with van der Waals surface area (Å²) in [5.41, 5.74) is 0.00621. The maximum absolute atomic E-state index is 14.1. The second-order valence-corrected chi connectivity index (χ2v) is 12.3. The topological polar surface area (TPSA) is 109 Å². The highest BCUT2D eigenvalue weighted by Crippen LogP contribution is 2.38. The molecule has 1 atom stereocenters. The summed E-state index contributed by atoms with van der Waals surface area (Å²) >= 11 is 0. The quantitative estimate of drug-likeness (QED) is 0.147. The molecule has 1 fully saturated rings. The third-order valence-electron chi connectivity index (χ3n) is 7.70. The molecule has 1 unspecified atom stereocenters. The average Bonchev–Trinajstić information content (AvgIpc) is 2.84. The number of Topliss-reactive ketones (excluding diaryl/α,β-unsaturated/α-hetero) is 1. The maximum Gasteiger partial charge on any atom is 0.345 e. The zero-order chi connectivity index (χ0) is 29.1. The molecule has 0 saturated heterocycles. The van der Waals surface area contributed by atoms with Crippen LogP contribution in [0.25, 0.3) is 11.3 Å². The first kappa shape index (κ1) is 30.3. The van der Waals surface area contributed by atoms with Crippen molar-refractivity contribution in [1.82, 2.24) is 4.57 Å². The van der Waals surface area contributed by atoms with Crippen LogP contribution in [0.2, 0.25) is 0 Å². The number of nitrogens with zero attached hydrogens (tertiary/aromatic N) is 2. The van der Waals surface area contributed by atoms with E-state index in [1.807, 2.05) is 52.0 Å². The van der Waals surface area contributed by atoms with Gasteiger partial charge in [0.05, 0.1) is 17.2 Å². The smallest absolute Gasteiger partial charge is 0.345 e. The Labute approximate surface area is 230 Å². The van der Waals surface area contributed by atoms with Crippen molar-refractivity contribution in [3.63, 3.8) is 0 Å². The fraction of sp³-hybridized carbons (Fsp3) is 0.581. The van der Waals surface area contributed by atoms with Gasteiger partial charge in [-0.05, 0) is 68.4 Å². The lowest BCUT2D eigenvalue weighted by Crippen LogP contribution is -2.37. The van der Waals surface area contributed by atoms with Gasteiger partial charge in [0.25, 0.3) is 0 Å². The summed E-state index contributed by atoms with van der Waals surface area (Å²) in [5.74, 6) is -0.287. The number of hydrogen-bond acceptors (Lipinski definition) is 6. The van der Waals surface area contributed by atoms with Gasteiger partial charge in [-0.15, -0.1) is 0 Å². The van der Waals surface area contributed by atoms with Crippen molar-refractivity contribution in [2.24, 2.45) is 17.3 Å². The molecule has 1 aromatic heterocycles. The van der Waals surface area contributed by atoms with Crippen molar-refractivity contribution in [2.45, 2.75) is 93.0 Å². The number of pyridine rings is 1. The number of nitro groups is 1. The molecule has 3 rings (SSSR count). The lowest BCUT2D eigenvalue weighted by atomic mass is 9.79. The number of carbonyl (C=O) groups excluding carboxylic acids is 2. The fourth-order valence-electron chi connectivity index (χ4n) is 5.67. The largest absolute Gasteiger partial charge is 0.464 e. The van der Waals surface area contributed by atoms with Gasteiger partial charge in [0.15, 0.2) is 5.78 Å². The SMILES string of the molecule is CCOC(=O)C(CC(C)(C)C)n1c(-c2ccc(C)cc2)c(C)c(C(=O)CC2CCC(C)CC2)c([N+](=O)[O-])c1=O. The lowest BCUT2D eigenvalue weighted by Gasteiger charge is -2.29. The number of ether oxygens (including phenoxy) is 1. The molecule has 39 heavy (non-hydrogen) atoms. The summed E-state index contributed by atoms with van der Waals surface area (Å²) in [5, 5.41) is 12.4. The molecule has 1 aliphatic carbocycles. The highest BCUT2D eigenvalue weighted by molar-refractivity contribution is 6.02. The second-order valence-electron chi connectivity index (χ2n) is 12.3. The van der Waals surface area contributed by atoms with Crippen LogP contribution in [0, 0.1) is 41.2 Å². The predicted octanol–water partition coefficient (Wildman–Crippen LogP) is 6.98. The molecule has 2 aromatic rings. The number of carbonyl (C=O) groups is 2. The van der Waals surface area contributed by atoms with Crippen molar-refractivity contribution in [3.8, 4) is 11.3 Å². The Kier molecular flexibility index (Phi) is 9.51. The first-order chi connectivity index (χ1) is 18.2. The van der Waals surface area contributed by atoms with E-state index >= 15 is 0 Å². The Morgan fingerprint density at radius 1 is 1.10 bits per heavy atom. The first-order valence-electron chi connectivity index (χ1n) is 14.0. The van der Waals surface area contributed by atoms with E-state index in [1.54, 1.807) is 13.8 Å². The molecule has 212 valence electrons. The molecule has 1 heterocycles. The van der Waals surface area contributed by atoms with Crippen molar-refractivity contribution in [3.05, 3.63) is 61.4 Å². The van der Waals surface area contributed by atoms with Crippen molar-refractivity contribution >= 4 is 17.4 Å². The summed E-state index contributed by atoms with van der Waals surface area (Å²) in [6.45, 7) is 13.3. The second kappa shape index (κ2) is 12.3. The highest BCUT2D eigenvalue weighted by atomic mass is 16.6. The molecule has 1 aromatic carbocycles. The molecule has 0 amide bonds. The minimum absolute atomic E-state index is 0.103. The zero-order valence-electron chi connectivity index (χ0n) is 24.3. The Morgan fingerprint density at radius 3 is 2.21 bits per heavy atom. The number of aromatic nitrogens is 1. The van der Waals surface area contributed by atoms with Gasteiger partial charge in [-0.2, -0.15) is 0 Å². The van der Waals surface area contributed by atoms with Crippen LogP contribution in [0.4, 0.5) is 5.69 Å². The summed E-state index contributed by atoms with van der Waals surface area (Å²) in [6.07, 6.45) is 4.19. The predicted molar refractivity (Wildman–Crippen MR) is 152 cm³/mol. The summed E-state index contributed by atoms with van der Waals surface area (Å²) in [4.78, 5) is 52.7. The molecule has 0 radical (unpaired) electrons. The number of hydrogen-bond donors (Lipinski definition) is 0. The van der Waals surface area contributed by atoms with E-state index in [-0.39, 0.29) is 36.7 Å². The maximum atomic E-state index is 14.1. The Hall–Kier alpha value is -3.29. The van der Waals surface area contributed by atoms with Crippen LogP contribution >= 0.6 is 0 Å². The van der Waals surface area contributed by atoms with E-state index < -0.39 is 33.6 Å². The molecule has 0 N–H and O–H groups in total. The standard InChI is InChI=1S/C31H42N2O6/c1-8-39-30(36)24(18-31(5,6)7)32-27(23-15-11-20(3)12-16-23)21(4)26(28(29(32)35)33(37)38)25(34)17-22-13-9-19(2)10-14-22/h11-12,15-16,19,22,24H,8-10,13-14,17-18H2,1-7H3. The number of ketones is 1. The Balaban J connectivity index is 2.34. The van der Waals surface area contributed by atoms with Crippen LogP contribution in [0.15, 0.2) is 29.1 Å². The first-order valence-corrected chi connectivity index (χ1v) is 14.0. The molecule has 0 spiro atoms. The molecule has 1 aliphatic rings. The molecule has 8 heteroatoms. The molecule has 0 bridgehead atoms. The molecule has 8 nitrogen and oxygen atoms in total. The normalized spacial score (nSPS) is 18.4. The number of rotatable bonds is 9. The van der Waals surface area contributed by atoms with Crippen LogP contribution in [0.5, 0.6) is 0 Å². The molecular formula is C31H42N2O6. The van der Waals surface area contributed by atoms with E-state index in [0.29, 0.717) is 22.7 Å². The summed E-state index contributed by atoms with van der Waals surface area (Å²) in [6, 6.07) is 6.28. The zero-order valence-corrected chi connectivity index (χ0v) is 24.3. The van der Waals surface area contributed by atoms with Gasteiger partial charge in [-0.25, -0.2) is 4.79 Å². The molecule has 0 aliphatic heterocycles. The summed E-state index contributed by atoms with van der Waals surface area (Å²) < 4.78 is 6.57. The van der Waals surface area contributed by atoms with Crippen LogP contribution in [-0.4, -0.2) is 27.8 Å². The average molecular weight is 539 g/mol. The number of benzene rings is 1. The van der Waals surface area contributed by atoms with Crippen LogP contribution in [0.3, 0.4) is 0 Å². The lowest BCUT2D eigenvalue weighted by molar-refractivity contribution is -0.386. The van der Waals surface area contributed by atoms with Gasteiger partial charge >= 0.3 is 17.2 Å². The van der Waals surface area contributed by atoms with Gasteiger partial charge in [0.1, 0.15) is 11.6 Å². The van der Waals surface area contributed by atoms with Crippen LogP contribution in [-0.2, 0) is 9.53 Å². The van der Waals surface area contributed by atoms with Crippen molar-refractivity contribution in [1.29, 1.82) is 0 Å². The van der Waals surface area contributed by atoms with Gasteiger partial charge < -0.3 is 4.74 Å². The van der Waals surface area contributed by atoms with E-state index in [1.165, 1.54) is 4.57 Å². The van der Waals surface area contributed by atoms with Gasteiger partial charge in [0.2, 0.25) is 0 Å². The van der Waals surface area contributed by atoms with Gasteiger partial charge in [-0.1, -0.05) is 70.4 Å². The monoisotopic (exact) mass is 538 g/mol. The summed E-state index contributed by atoms with van der Waals surface area (Å²) in [7, 11) is 0. The number of aryl methyl sites for hydroxylation is 1. The van der Waals surface area contributed by atoms with E-state index in [4.69, 9.17) is 4.74 Å². The van der Waals surface area contributed by atoms with Crippen molar-refractivity contribution < 1.29 is 19.2 Å². The number of esters is 1. The van der Waals surface area contributed by atoms with Crippen molar-refractivity contribution in [2.75, 3.05) is 6.61 Å². The third-order valence-corrected chi connectivity index (χ3v) is 7.70. The highest BCUT2D eigenvalue weighted by Gasteiger charge is 2.38. The van der Waals surface area contributed by atoms with Crippen LogP contribution < -0.4 is 5.56 Å². The van der Waals surface area contributed by atoms with Crippen LogP contribution in [0.1, 0.15) is 101 Å².